The Kier molecular flexibility index (Phi) is 3.83. The number of allylic oxidation sites excluding steroid dienone is 4. The number of hydrogen-bond acceptors (Lipinski definition) is 1. The van der Waals surface area contributed by atoms with Crippen molar-refractivity contribution in [3.8, 4) is 11.3 Å². The first-order valence-corrected chi connectivity index (χ1v) is 8.04. The second kappa shape index (κ2) is 6.28. The van der Waals surface area contributed by atoms with Crippen LogP contribution < -0.4 is 0 Å². The Morgan fingerprint density at radius 1 is 1.00 bits per heavy atom. The van der Waals surface area contributed by atoms with Gasteiger partial charge in [-0.1, -0.05) is 48.6 Å². The van der Waals surface area contributed by atoms with Crippen LogP contribution in [0.25, 0.3) is 16.8 Å². The van der Waals surface area contributed by atoms with Gasteiger partial charge in [-0.2, -0.15) is 5.10 Å². The van der Waals surface area contributed by atoms with Crippen molar-refractivity contribution in [2.75, 3.05) is 0 Å². The Morgan fingerprint density at radius 2 is 1.79 bits per heavy atom. The molecular weight excluding hydrogens is 299 g/mol. The summed E-state index contributed by atoms with van der Waals surface area (Å²) in [5.41, 5.74) is 5.25. The van der Waals surface area contributed by atoms with E-state index in [9.17, 15) is 4.39 Å². The molecule has 0 atom stereocenters. The highest BCUT2D eigenvalue weighted by Crippen LogP contribution is 2.27. The molecular formula is C21H17FN2. The van der Waals surface area contributed by atoms with Crippen LogP contribution in [0.5, 0.6) is 0 Å². The smallest absolute Gasteiger partial charge is 0.123 e. The van der Waals surface area contributed by atoms with Gasteiger partial charge in [0.25, 0.3) is 0 Å². The van der Waals surface area contributed by atoms with E-state index in [2.05, 4.69) is 36.4 Å². The van der Waals surface area contributed by atoms with Crippen molar-refractivity contribution in [2.24, 2.45) is 0 Å². The summed E-state index contributed by atoms with van der Waals surface area (Å²) >= 11 is 0. The summed E-state index contributed by atoms with van der Waals surface area (Å²) in [6, 6.07) is 18.9. The fraction of sp³-hybridized carbons (Fsp3) is 0.0952. The molecule has 118 valence electrons. The molecule has 3 heteroatoms. The lowest BCUT2D eigenvalue weighted by atomic mass is 10.1. The molecule has 0 spiro atoms. The third-order valence-electron chi connectivity index (χ3n) is 4.16. The SMILES string of the molecule is Fc1ccc(-c2cc(C3=CCC=C3)nn2Cc2ccccc2)cc1. The van der Waals surface area contributed by atoms with Gasteiger partial charge in [-0.3, -0.25) is 4.68 Å². The summed E-state index contributed by atoms with van der Waals surface area (Å²) in [5.74, 6) is -0.227. The minimum atomic E-state index is -0.227. The van der Waals surface area contributed by atoms with Crippen molar-refractivity contribution >= 4 is 5.57 Å². The fourth-order valence-electron chi connectivity index (χ4n) is 2.94. The normalized spacial score (nSPS) is 13.3. The van der Waals surface area contributed by atoms with Crippen molar-refractivity contribution in [3.63, 3.8) is 0 Å². The van der Waals surface area contributed by atoms with E-state index in [-0.39, 0.29) is 5.82 Å². The lowest BCUT2D eigenvalue weighted by Gasteiger charge is -2.08. The molecule has 3 aromatic rings. The number of nitrogens with zero attached hydrogens (tertiary/aromatic N) is 2. The minimum absolute atomic E-state index is 0.227. The van der Waals surface area contributed by atoms with E-state index in [0.29, 0.717) is 6.54 Å². The maximum Gasteiger partial charge on any atom is 0.123 e. The third-order valence-corrected chi connectivity index (χ3v) is 4.16. The van der Waals surface area contributed by atoms with E-state index in [0.717, 1.165) is 28.9 Å². The summed E-state index contributed by atoms with van der Waals surface area (Å²) in [5, 5.41) is 4.79. The zero-order valence-electron chi connectivity index (χ0n) is 13.2. The van der Waals surface area contributed by atoms with Crippen molar-refractivity contribution < 1.29 is 4.39 Å². The summed E-state index contributed by atoms with van der Waals surface area (Å²) in [7, 11) is 0. The van der Waals surface area contributed by atoms with Crippen LogP contribution in [0.15, 0.2) is 78.9 Å². The molecule has 0 aliphatic heterocycles. The van der Waals surface area contributed by atoms with Gasteiger partial charge < -0.3 is 0 Å². The largest absolute Gasteiger partial charge is 0.260 e. The van der Waals surface area contributed by atoms with Crippen molar-refractivity contribution in [2.45, 2.75) is 13.0 Å². The van der Waals surface area contributed by atoms with Gasteiger partial charge in [0, 0.05) is 5.56 Å². The Labute approximate surface area is 140 Å². The van der Waals surface area contributed by atoms with E-state index in [1.54, 1.807) is 12.1 Å². The molecule has 0 amide bonds. The first-order chi connectivity index (χ1) is 11.8. The fourth-order valence-corrected chi connectivity index (χ4v) is 2.94. The number of benzene rings is 2. The van der Waals surface area contributed by atoms with Crippen LogP contribution in [0.2, 0.25) is 0 Å². The van der Waals surface area contributed by atoms with Crippen LogP contribution in [-0.2, 0) is 6.54 Å². The van der Waals surface area contributed by atoms with Gasteiger partial charge in [0.15, 0.2) is 0 Å². The molecule has 1 aromatic heterocycles. The summed E-state index contributed by atoms with van der Waals surface area (Å²) < 4.78 is 15.3. The van der Waals surface area contributed by atoms with Gasteiger partial charge in [-0.25, -0.2) is 4.39 Å². The minimum Gasteiger partial charge on any atom is -0.260 e. The van der Waals surface area contributed by atoms with Crippen LogP contribution in [0.3, 0.4) is 0 Å². The molecule has 0 bridgehead atoms. The van der Waals surface area contributed by atoms with E-state index in [4.69, 9.17) is 5.10 Å². The molecule has 1 heterocycles. The number of halogens is 1. The highest BCUT2D eigenvalue weighted by Gasteiger charge is 2.13. The van der Waals surface area contributed by atoms with Crippen molar-refractivity contribution in [1.29, 1.82) is 0 Å². The summed E-state index contributed by atoms with van der Waals surface area (Å²) in [6.07, 6.45) is 7.35. The molecule has 2 aromatic carbocycles. The average molecular weight is 316 g/mol. The van der Waals surface area contributed by atoms with Gasteiger partial charge in [0.2, 0.25) is 0 Å². The van der Waals surface area contributed by atoms with Gasteiger partial charge in [-0.05, 0) is 47.9 Å². The molecule has 2 nitrogen and oxygen atoms in total. The van der Waals surface area contributed by atoms with E-state index in [1.807, 2.05) is 22.9 Å². The quantitative estimate of drug-likeness (QED) is 0.656. The second-order valence-corrected chi connectivity index (χ2v) is 5.86. The van der Waals surface area contributed by atoms with E-state index >= 15 is 0 Å². The monoisotopic (exact) mass is 316 g/mol. The Morgan fingerprint density at radius 3 is 2.50 bits per heavy atom. The van der Waals surface area contributed by atoms with Crippen LogP contribution in [0, 0.1) is 5.82 Å². The highest BCUT2D eigenvalue weighted by molar-refractivity contribution is 5.76. The summed E-state index contributed by atoms with van der Waals surface area (Å²) in [6.45, 7) is 0.685. The van der Waals surface area contributed by atoms with Crippen molar-refractivity contribution in [3.05, 3.63) is 96.0 Å². The number of rotatable bonds is 4. The number of hydrogen-bond donors (Lipinski definition) is 0. The first kappa shape index (κ1) is 14.6. The molecule has 24 heavy (non-hydrogen) atoms. The molecule has 0 saturated carbocycles. The van der Waals surface area contributed by atoms with Crippen LogP contribution >= 0.6 is 0 Å². The van der Waals surface area contributed by atoms with Gasteiger partial charge in [-0.15, -0.1) is 0 Å². The van der Waals surface area contributed by atoms with Crippen LogP contribution in [-0.4, -0.2) is 9.78 Å². The van der Waals surface area contributed by atoms with Gasteiger partial charge in [0.1, 0.15) is 5.82 Å². The van der Waals surface area contributed by atoms with Crippen molar-refractivity contribution in [1.82, 2.24) is 9.78 Å². The lowest BCUT2D eigenvalue weighted by Crippen LogP contribution is -2.04. The third kappa shape index (κ3) is 2.93. The molecule has 0 saturated heterocycles. The predicted octanol–water partition coefficient (Wildman–Crippen LogP) is 5.08. The predicted molar refractivity (Wildman–Crippen MR) is 94.9 cm³/mol. The second-order valence-electron chi connectivity index (χ2n) is 5.86. The number of aromatic nitrogens is 2. The molecule has 4 rings (SSSR count). The Hall–Kier alpha value is -2.94. The Bertz CT molecular complexity index is 903. The maximum absolute atomic E-state index is 13.3. The van der Waals surface area contributed by atoms with Gasteiger partial charge in [0.05, 0.1) is 17.9 Å². The zero-order chi connectivity index (χ0) is 16.4. The topological polar surface area (TPSA) is 17.8 Å². The maximum atomic E-state index is 13.3. The van der Waals surface area contributed by atoms with E-state index in [1.165, 1.54) is 17.7 Å². The zero-order valence-corrected chi connectivity index (χ0v) is 13.2. The molecule has 1 aliphatic carbocycles. The Balaban J connectivity index is 1.77. The van der Waals surface area contributed by atoms with Crippen LogP contribution in [0.1, 0.15) is 17.7 Å². The standard InChI is InChI=1S/C21H17FN2/c22-19-12-10-18(11-13-19)21-14-20(17-8-4-5-9-17)23-24(21)15-16-6-2-1-3-7-16/h1-4,6-14H,5,15H2. The highest BCUT2D eigenvalue weighted by atomic mass is 19.1. The first-order valence-electron chi connectivity index (χ1n) is 8.04. The van der Waals surface area contributed by atoms with Crippen LogP contribution in [0.4, 0.5) is 4.39 Å². The molecule has 0 radical (unpaired) electrons. The average Bonchev–Trinajstić information content (AvgIpc) is 3.26. The molecule has 0 fully saturated rings. The van der Waals surface area contributed by atoms with Gasteiger partial charge >= 0.3 is 0 Å². The molecule has 1 aliphatic rings. The molecule has 0 unspecified atom stereocenters. The lowest BCUT2D eigenvalue weighted by molar-refractivity contribution is 0.627. The van der Waals surface area contributed by atoms with E-state index < -0.39 is 0 Å². The summed E-state index contributed by atoms with van der Waals surface area (Å²) in [4.78, 5) is 0. The molecule has 0 N–H and O–H groups in total.